The summed E-state index contributed by atoms with van der Waals surface area (Å²) in [6.07, 6.45) is 3.00. The quantitative estimate of drug-likeness (QED) is 0.883. The minimum absolute atomic E-state index is 0.0343. The highest BCUT2D eigenvalue weighted by Crippen LogP contribution is 2.39. The summed E-state index contributed by atoms with van der Waals surface area (Å²) in [4.78, 5) is 28.1. The Morgan fingerprint density at radius 3 is 2.73 bits per heavy atom. The van der Waals surface area contributed by atoms with Gasteiger partial charge in [0.1, 0.15) is 0 Å². The normalized spacial score (nSPS) is 23.6. The lowest BCUT2D eigenvalue weighted by molar-refractivity contribution is -0.143. The minimum Gasteiger partial charge on any atom is -0.395 e. The van der Waals surface area contributed by atoms with Crippen LogP contribution in [0.5, 0.6) is 0 Å². The summed E-state index contributed by atoms with van der Waals surface area (Å²) in [5.74, 6) is -1.93. The number of amides is 2. The third kappa shape index (κ3) is 4.03. The molecule has 0 saturated carbocycles. The van der Waals surface area contributed by atoms with Crippen LogP contribution >= 0.6 is 0 Å². The van der Waals surface area contributed by atoms with Crippen molar-refractivity contribution in [3.8, 4) is 0 Å². The van der Waals surface area contributed by atoms with Gasteiger partial charge in [-0.3, -0.25) is 9.59 Å². The third-order valence-corrected chi connectivity index (χ3v) is 5.47. The van der Waals surface area contributed by atoms with Crippen LogP contribution < -0.4 is 0 Å². The van der Waals surface area contributed by atoms with E-state index in [0.29, 0.717) is 38.2 Å². The zero-order chi connectivity index (χ0) is 18.7. The maximum Gasteiger partial charge on any atom is 0.227 e. The van der Waals surface area contributed by atoms with Gasteiger partial charge in [-0.15, -0.1) is 0 Å². The molecule has 7 heteroatoms. The number of halogens is 2. The lowest BCUT2D eigenvalue weighted by Crippen LogP contribution is -2.55. The number of β-amino-alcohol motifs (C(OH)–C–C–N with tert-alkyl or cyclic N) is 1. The molecular formula is C19H24F2N2O3. The lowest BCUT2D eigenvalue weighted by Gasteiger charge is -2.48. The van der Waals surface area contributed by atoms with Gasteiger partial charge in [-0.1, -0.05) is 6.07 Å². The van der Waals surface area contributed by atoms with Gasteiger partial charge in [0.05, 0.1) is 13.0 Å². The van der Waals surface area contributed by atoms with Crippen LogP contribution in [0.3, 0.4) is 0 Å². The van der Waals surface area contributed by atoms with Gasteiger partial charge in [-0.2, -0.15) is 0 Å². The number of hydrogen-bond donors (Lipinski definition) is 1. The first kappa shape index (κ1) is 18.8. The molecular weight excluding hydrogens is 342 g/mol. The number of nitrogens with zero attached hydrogens (tertiary/aromatic N) is 2. The first-order valence-corrected chi connectivity index (χ1v) is 9.03. The lowest BCUT2D eigenvalue weighted by atomic mass is 9.73. The van der Waals surface area contributed by atoms with Crippen LogP contribution in [0.1, 0.15) is 31.2 Å². The maximum atomic E-state index is 13.4. The van der Waals surface area contributed by atoms with Gasteiger partial charge in [-0.25, -0.2) is 8.78 Å². The van der Waals surface area contributed by atoms with Crippen LogP contribution in [0.4, 0.5) is 8.78 Å². The summed E-state index contributed by atoms with van der Waals surface area (Å²) in [5, 5.41) is 9.15. The van der Waals surface area contributed by atoms with Crippen LogP contribution in [0, 0.1) is 17.0 Å². The molecule has 2 amide bonds. The molecule has 1 aromatic rings. The van der Waals surface area contributed by atoms with E-state index in [1.807, 2.05) is 0 Å². The first-order chi connectivity index (χ1) is 12.4. The molecule has 26 heavy (non-hydrogen) atoms. The predicted octanol–water partition coefficient (Wildman–Crippen LogP) is 1.73. The van der Waals surface area contributed by atoms with Gasteiger partial charge in [-0.05, 0) is 37.0 Å². The molecule has 2 aliphatic heterocycles. The van der Waals surface area contributed by atoms with Crippen molar-refractivity contribution >= 4 is 11.8 Å². The van der Waals surface area contributed by atoms with Gasteiger partial charge in [0, 0.05) is 38.0 Å². The Labute approximate surface area is 151 Å². The van der Waals surface area contributed by atoms with Crippen LogP contribution in [-0.2, 0) is 16.0 Å². The highest BCUT2D eigenvalue weighted by Gasteiger charge is 2.42. The van der Waals surface area contributed by atoms with Gasteiger partial charge >= 0.3 is 0 Å². The van der Waals surface area contributed by atoms with Gasteiger partial charge in [0.15, 0.2) is 11.6 Å². The fourth-order valence-electron chi connectivity index (χ4n) is 4.12. The van der Waals surface area contributed by atoms with E-state index in [9.17, 15) is 18.4 Å². The number of carbonyl (C=O) groups excluding carboxylic acids is 2. The van der Waals surface area contributed by atoms with Crippen molar-refractivity contribution < 1.29 is 23.5 Å². The maximum absolute atomic E-state index is 13.4. The van der Waals surface area contributed by atoms with Crippen LogP contribution in [0.15, 0.2) is 18.2 Å². The molecule has 0 aromatic heterocycles. The second-order valence-electron chi connectivity index (χ2n) is 7.38. The predicted molar refractivity (Wildman–Crippen MR) is 91.2 cm³/mol. The van der Waals surface area contributed by atoms with E-state index in [2.05, 4.69) is 0 Å². The summed E-state index contributed by atoms with van der Waals surface area (Å²) in [5.41, 5.74) is 0.319. The average molecular weight is 366 g/mol. The minimum atomic E-state index is -0.948. The molecule has 3 rings (SSSR count). The van der Waals surface area contributed by atoms with Crippen molar-refractivity contribution in [2.45, 2.75) is 32.1 Å². The second-order valence-corrected chi connectivity index (χ2v) is 7.38. The third-order valence-electron chi connectivity index (χ3n) is 5.47. The van der Waals surface area contributed by atoms with E-state index >= 15 is 0 Å². The molecule has 1 aromatic carbocycles. The summed E-state index contributed by atoms with van der Waals surface area (Å²) in [7, 11) is 0. The van der Waals surface area contributed by atoms with Crippen molar-refractivity contribution in [1.82, 2.24) is 9.80 Å². The van der Waals surface area contributed by atoms with E-state index in [-0.39, 0.29) is 30.3 Å². The van der Waals surface area contributed by atoms with Gasteiger partial charge < -0.3 is 14.9 Å². The molecule has 2 saturated heterocycles. The van der Waals surface area contributed by atoms with E-state index in [4.69, 9.17) is 5.11 Å². The van der Waals surface area contributed by atoms with Gasteiger partial charge in [0.2, 0.25) is 11.8 Å². The van der Waals surface area contributed by atoms with Crippen molar-refractivity contribution in [2.24, 2.45) is 5.41 Å². The highest BCUT2D eigenvalue weighted by atomic mass is 19.2. The number of carbonyl (C=O) groups is 2. The number of hydrogen-bond acceptors (Lipinski definition) is 3. The summed E-state index contributed by atoms with van der Waals surface area (Å²) < 4.78 is 26.4. The molecule has 1 spiro atoms. The fraction of sp³-hybridized carbons (Fsp3) is 0.579. The summed E-state index contributed by atoms with van der Waals surface area (Å²) in [6.45, 7) is 2.01. The molecule has 0 aliphatic carbocycles. The fourth-order valence-corrected chi connectivity index (χ4v) is 4.12. The van der Waals surface area contributed by atoms with Crippen molar-refractivity contribution in [3.63, 3.8) is 0 Å². The van der Waals surface area contributed by atoms with E-state index in [1.165, 1.54) is 6.07 Å². The zero-order valence-electron chi connectivity index (χ0n) is 14.7. The Balaban J connectivity index is 1.66. The molecule has 2 heterocycles. The van der Waals surface area contributed by atoms with Crippen molar-refractivity contribution in [2.75, 3.05) is 32.8 Å². The number of rotatable bonds is 4. The highest BCUT2D eigenvalue weighted by molar-refractivity contribution is 5.79. The Morgan fingerprint density at radius 1 is 1.19 bits per heavy atom. The van der Waals surface area contributed by atoms with E-state index < -0.39 is 11.6 Å². The molecule has 2 fully saturated rings. The largest absolute Gasteiger partial charge is 0.395 e. The monoisotopic (exact) mass is 366 g/mol. The van der Waals surface area contributed by atoms with E-state index in [1.54, 1.807) is 9.80 Å². The standard InChI is InChI=1S/C19H24F2N2O3/c20-15-3-2-14(10-16(15)21)11-18(26)22-7-1-5-19(12-22)6-4-17(25)23(13-19)8-9-24/h2-3,10,24H,1,4-9,11-13H2/t19-/m1/s1. The topological polar surface area (TPSA) is 60.9 Å². The number of aliphatic hydroxyl groups is 1. The van der Waals surface area contributed by atoms with Crippen molar-refractivity contribution in [3.05, 3.63) is 35.4 Å². The molecule has 142 valence electrons. The molecule has 1 atom stereocenters. The molecule has 0 radical (unpaired) electrons. The van der Waals surface area contributed by atoms with Crippen molar-refractivity contribution in [1.29, 1.82) is 0 Å². The zero-order valence-corrected chi connectivity index (χ0v) is 14.7. The number of piperidine rings is 2. The van der Waals surface area contributed by atoms with Crippen LogP contribution in [0.25, 0.3) is 0 Å². The Morgan fingerprint density at radius 2 is 2.00 bits per heavy atom. The Hall–Kier alpha value is -2.02. The molecule has 1 N–H and O–H groups in total. The summed E-state index contributed by atoms with van der Waals surface area (Å²) in [6, 6.07) is 3.53. The first-order valence-electron chi connectivity index (χ1n) is 9.03. The van der Waals surface area contributed by atoms with Crippen LogP contribution in [0.2, 0.25) is 0 Å². The summed E-state index contributed by atoms with van der Waals surface area (Å²) >= 11 is 0. The average Bonchev–Trinajstić information content (AvgIpc) is 2.62. The Kier molecular flexibility index (Phi) is 5.55. The molecule has 0 bridgehead atoms. The van der Waals surface area contributed by atoms with E-state index in [0.717, 1.165) is 31.4 Å². The smallest absolute Gasteiger partial charge is 0.227 e. The number of likely N-dealkylation sites (tertiary alicyclic amines) is 2. The number of benzene rings is 1. The Bertz CT molecular complexity index is 697. The molecule has 2 aliphatic rings. The van der Waals surface area contributed by atoms with Gasteiger partial charge in [0.25, 0.3) is 0 Å². The molecule has 5 nitrogen and oxygen atoms in total. The second kappa shape index (κ2) is 7.70. The SMILES string of the molecule is O=C1CC[C@@]2(CCCN(C(=O)Cc3ccc(F)c(F)c3)C2)CN1CCO. The molecule has 0 unspecified atom stereocenters. The number of aliphatic hydroxyl groups excluding tert-OH is 1. The van der Waals surface area contributed by atoms with Crippen LogP contribution in [-0.4, -0.2) is 59.5 Å².